The number of rotatable bonds is 4. The van der Waals surface area contributed by atoms with Crippen LogP contribution in [0.5, 0.6) is 0 Å². The van der Waals surface area contributed by atoms with Gasteiger partial charge in [-0.2, -0.15) is 0 Å². The third-order valence-corrected chi connectivity index (χ3v) is 4.69. The van der Waals surface area contributed by atoms with Gasteiger partial charge < -0.3 is 9.80 Å². The van der Waals surface area contributed by atoms with E-state index in [1.807, 2.05) is 0 Å². The van der Waals surface area contributed by atoms with Crippen molar-refractivity contribution in [1.29, 1.82) is 0 Å². The Bertz CT molecular complexity index is 489. The van der Waals surface area contributed by atoms with Gasteiger partial charge in [-0.3, -0.25) is 0 Å². The van der Waals surface area contributed by atoms with Crippen molar-refractivity contribution in [1.82, 2.24) is 0 Å². The van der Waals surface area contributed by atoms with Gasteiger partial charge in [0.25, 0.3) is 0 Å². The summed E-state index contributed by atoms with van der Waals surface area (Å²) in [7, 11) is 0. The largest absolute Gasteiger partial charge is 0.366 e. The van der Waals surface area contributed by atoms with Gasteiger partial charge in [0.2, 0.25) is 0 Å². The summed E-state index contributed by atoms with van der Waals surface area (Å²) in [5.41, 5.74) is 5.91. The van der Waals surface area contributed by atoms with Crippen LogP contribution in [0.3, 0.4) is 0 Å². The molecule has 2 heteroatoms. The van der Waals surface area contributed by atoms with Crippen molar-refractivity contribution >= 4 is 11.4 Å². The lowest BCUT2D eigenvalue weighted by molar-refractivity contribution is 0.601. The van der Waals surface area contributed by atoms with Crippen LogP contribution in [-0.2, 0) is 6.42 Å². The van der Waals surface area contributed by atoms with E-state index >= 15 is 0 Å². The Hall–Kier alpha value is -1.18. The van der Waals surface area contributed by atoms with Crippen molar-refractivity contribution in [3.8, 4) is 0 Å². The number of nitrogens with zero attached hydrogens (tertiary/aromatic N) is 2. The molecule has 1 aromatic carbocycles. The highest BCUT2D eigenvalue weighted by Crippen LogP contribution is 2.39. The number of anilines is 2. The standard InChI is InChI=1S/C19H32N2/c1-8-16-11-18-19(12-17(16)13(2)3)21(15(6)7)10-9-20(18)14(4)5/h11-15H,8-10H2,1-7H3. The predicted octanol–water partition coefficient (Wildman–Crippen LogP) is 4.82. The molecule has 1 aromatic rings. The van der Waals surface area contributed by atoms with Gasteiger partial charge in [-0.15, -0.1) is 0 Å². The van der Waals surface area contributed by atoms with E-state index in [0.29, 0.717) is 18.0 Å². The van der Waals surface area contributed by atoms with Crippen LogP contribution < -0.4 is 9.80 Å². The Morgan fingerprint density at radius 2 is 1.33 bits per heavy atom. The van der Waals surface area contributed by atoms with E-state index in [1.165, 1.54) is 22.5 Å². The minimum atomic E-state index is 0.561. The van der Waals surface area contributed by atoms with Gasteiger partial charge in [0, 0.05) is 25.2 Å². The molecule has 0 atom stereocenters. The van der Waals surface area contributed by atoms with E-state index in [9.17, 15) is 0 Å². The summed E-state index contributed by atoms with van der Waals surface area (Å²) in [6, 6.07) is 6.05. The summed E-state index contributed by atoms with van der Waals surface area (Å²) in [6.07, 6.45) is 1.12. The fraction of sp³-hybridized carbons (Fsp3) is 0.684. The molecule has 0 amide bonds. The number of hydrogen-bond donors (Lipinski definition) is 0. The van der Waals surface area contributed by atoms with Crippen molar-refractivity contribution in [3.63, 3.8) is 0 Å². The number of hydrogen-bond acceptors (Lipinski definition) is 2. The fourth-order valence-electron chi connectivity index (χ4n) is 3.47. The van der Waals surface area contributed by atoms with Gasteiger partial charge in [-0.1, -0.05) is 20.8 Å². The number of aryl methyl sites for hydroxylation is 1. The maximum atomic E-state index is 2.57. The zero-order valence-electron chi connectivity index (χ0n) is 14.9. The first kappa shape index (κ1) is 16.2. The molecule has 0 spiro atoms. The lowest BCUT2D eigenvalue weighted by Gasteiger charge is -2.43. The molecular formula is C19H32N2. The van der Waals surface area contributed by atoms with Crippen LogP contribution in [-0.4, -0.2) is 25.2 Å². The molecule has 1 heterocycles. The Labute approximate surface area is 131 Å². The van der Waals surface area contributed by atoms with Crippen LogP contribution in [0, 0.1) is 0 Å². The number of benzene rings is 1. The van der Waals surface area contributed by atoms with Crippen LogP contribution in [0.4, 0.5) is 11.4 Å². The molecule has 0 bridgehead atoms. The van der Waals surface area contributed by atoms with E-state index in [0.717, 1.165) is 19.5 Å². The second-order valence-electron chi connectivity index (χ2n) is 7.12. The Balaban J connectivity index is 2.60. The van der Waals surface area contributed by atoms with Gasteiger partial charge in [-0.25, -0.2) is 0 Å². The average molecular weight is 288 g/mol. The van der Waals surface area contributed by atoms with Gasteiger partial charge in [-0.05, 0) is 63.3 Å². The fourth-order valence-corrected chi connectivity index (χ4v) is 3.47. The van der Waals surface area contributed by atoms with E-state index in [2.05, 4.69) is 70.4 Å². The van der Waals surface area contributed by atoms with Crippen LogP contribution in [0.1, 0.15) is 65.5 Å². The monoisotopic (exact) mass is 288 g/mol. The van der Waals surface area contributed by atoms with E-state index < -0.39 is 0 Å². The second-order valence-corrected chi connectivity index (χ2v) is 7.12. The molecule has 2 rings (SSSR count). The number of fused-ring (bicyclic) bond motifs is 1. The zero-order chi connectivity index (χ0) is 15.7. The van der Waals surface area contributed by atoms with Crippen molar-refractivity contribution in [2.24, 2.45) is 0 Å². The zero-order valence-corrected chi connectivity index (χ0v) is 14.9. The van der Waals surface area contributed by atoms with Crippen molar-refractivity contribution < 1.29 is 0 Å². The summed E-state index contributed by atoms with van der Waals surface area (Å²) in [5, 5.41) is 0. The Kier molecular flexibility index (Phi) is 4.85. The summed E-state index contributed by atoms with van der Waals surface area (Å²) < 4.78 is 0. The summed E-state index contributed by atoms with van der Waals surface area (Å²) >= 11 is 0. The first-order chi connectivity index (χ1) is 9.86. The average Bonchev–Trinajstić information content (AvgIpc) is 2.43. The molecule has 0 aromatic heterocycles. The maximum absolute atomic E-state index is 2.57. The van der Waals surface area contributed by atoms with Crippen LogP contribution in [0.15, 0.2) is 12.1 Å². The molecule has 1 aliphatic rings. The third kappa shape index (κ3) is 3.04. The van der Waals surface area contributed by atoms with Crippen LogP contribution in [0.25, 0.3) is 0 Å². The lowest BCUT2D eigenvalue weighted by Crippen LogP contribution is -2.46. The maximum Gasteiger partial charge on any atom is 0.0610 e. The quantitative estimate of drug-likeness (QED) is 0.784. The molecule has 0 fully saturated rings. The highest BCUT2D eigenvalue weighted by Gasteiger charge is 2.27. The van der Waals surface area contributed by atoms with E-state index in [4.69, 9.17) is 0 Å². The van der Waals surface area contributed by atoms with Crippen LogP contribution in [0.2, 0.25) is 0 Å². The molecule has 118 valence electrons. The van der Waals surface area contributed by atoms with Gasteiger partial charge in [0.1, 0.15) is 0 Å². The summed E-state index contributed by atoms with van der Waals surface area (Å²) in [4.78, 5) is 5.14. The van der Waals surface area contributed by atoms with E-state index in [-0.39, 0.29) is 0 Å². The molecule has 0 N–H and O–H groups in total. The molecule has 2 nitrogen and oxygen atoms in total. The van der Waals surface area contributed by atoms with Gasteiger partial charge in [0.05, 0.1) is 11.4 Å². The molecule has 0 unspecified atom stereocenters. The second kappa shape index (κ2) is 6.29. The smallest absolute Gasteiger partial charge is 0.0610 e. The predicted molar refractivity (Wildman–Crippen MR) is 94.9 cm³/mol. The van der Waals surface area contributed by atoms with Gasteiger partial charge >= 0.3 is 0 Å². The van der Waals surface area contributed by atoms with Crippen molar-refractivity contribution in [2.45, 2.75) is 72.9 Å². The highest BCUT2D eigenvalue weighted by atomic mass is 15.3. The van der Waals surface area contributed by atoms with Crippen LogP contribution >= 0.6 is 0 Å². The Morgan fingerprint density at radius 3 is 1.71 bits per heavy atom. The summed E-state index contributed by atoms with van der Waals surface area (Å²) in [6.45, 7) is 18.4. The molecule has 0 saturated carbocycles. The molecule has 0 aliphatic carbocycles. The van der Waals surface area contributed by atoms with E-state index in [1.54, 1.807) is 0 Å². The minimum absolute atomic E-state index is 0.561. The minimum Gasteiger partial charge on any atom is -0.366 e. The lowest BCUT2D eigenvalue weighted by atomic mass is 9.92. The third-order valence-electron chi connectivity index (χ3n) is 4.69. The molecule has 1 aliphatic heterocycles. The first-order valence-corrected chi connectivity index (χ1v) is 8.56. The highest BCUT2D eigenvalue weighted by molar-refractivity contribution is 5.76. The normalized spacial score (nSPS) is 15.3. The molecule has 0 saturated heterocycles. The topological polar surface area (TPSA) is 6.48 Å². The molecule has 0 radical (unpaired) electrons. The molecule has 21 heavy (non-hydrogen) atoms. The Morgan fingerprint density at radius 1 is 0.857 bits per heavy atom. The van der Waals surface area contributed by atoms with Crippen molar-refractivity contribution in [3.05, 3.63) is 23.3 Å². The van der Waals surface area contributed by atoms with Gasteiger partial charge in [0.15, 0.2) is 0 Å². The SMILES string of the molecule is CCc1cc2c(cc1C(C)C)N(C(C)C)CCN2C(C)C. The summed E-state index contributed by atoms with van der Waals surface area (Å²) in [5.74, 6) is 0.591. The first-order valence-electron chi connectivity index (χ1n) is 8.56. The van der Waals surface area contributed by atoms with Crippen molar-refractivity contribution in [2.75, 3.05) is 22.9 Å². The molecular weight excluding hydrogens is 256 g/mol.